The summed E-state index contributed by atoms with van der Waals surface area (Å²) in [6.07, 6.45) is 0. The van der Waals surface area contributed by atoms with Gasteiger partial charge in [0.1, 0.15) is 0 Å². The molecule has 0 fully saturated rings. The van der Waals surface area contributed by atoms with Crippen molar-refractivity contribution in [3.63, 3.8) is 0 Å². The van der Waals surface area contributed by atoms with E-state index in [1.807, 2.05) is 0 Å². The molecule has 0 aliphatic carbocycles. The molecule has 0 atom stereocenters. The summed E-state index contributed by atoms with van der Waals surface area (Å²) in [5.41, 5.74) is 0. The Labute approximate surface area is 61.9 Å². The molecule has 0 heterocycles. The van der Waals surface area contributed by atoms with Gasteiger partial charge in [-0.15, -0.1) is 0 Å². The molecule has 5 heavy (non-hydrogen) atoms. The second kappa shape index (κ2) is 16.5. The van der Waals surface area contributed by atoms with Crippen molar-refractivity contribution in [2.24, 2.45) is 0 Å². The molecule has 0 bridgehead atoms. The van der Waals surface area contributed by atoms with Crippen LogP contribution in [0.2, 0.25) is 0 Å². The summed E-state index contributed by atoms with van der Waals surface area (Å²) in [5.74, 6) is 0. The van der Waals surface area contributed by atoms with Crippen molar-refractivity contribution in [1.29, 1.82) is 0 Å². The molecule has 0 aromatic carbocycles. The van der Waals surface area contributed by atoms with E-state index >= 15 is 0 Å². The van der Waals surface area contributed by atoms with Crippen molar-refractivity contribution in [2.45, 2.75) is 0 Å². The van der Waals surface area contributed by atoms with Crippen LogP contribution in [-0.2, 0) is 33.1 Å². The summed E-state index contributed by atoms with van der Waals surface area (Å²) in [6.45, 7) is 0. The van der Waals surface area contributed by atoms with E-state index in [0.29, 0.717) is 0 Å². The molecule has 43 valence electrons. The molecule has 0 amide bonds. The van der Waals surface area contributed by atoms with Crippen LogP contribution >= 0.6 is 29.4 Å². The van der Waals surface area contributed by atoms with E-state index in [4.69, 9.17) is 0 Å². The summed E-state index contributed by atoms with van der Waals surface area (Å²) in [6, 6.07) is 0. The number of halogens is 3. The third kappa shape index (κ3) is 23.0. The Morgan fingerprint density at radius 3 is 1.20 bits per heavy atom. The summed E-state index contributed by atoms with van der Waals surface area (Å²) in [4.78, 5) is 0. The van der Waals surface area contributed by atoms with Gasteiger partial charge >= 0.3 is 62.5 Å². The van der Waals surface area contributed by atoms with Gasteiger partial charge in [-0.25, -0.2) is 0 Å². The molecule has 0 saturated carbocycles. The van der Waals surface area contributed by atoms with Crippen molar-refractivity contribution >= 4 is 29.4 Å². The monoisotopic (exact) mass is 275 g/mol. The minimum absolute atomic E-state index is 0.757. The topological polar surface area (TPSA) is 0 Å². The first-order valence-electron chi connectivity index (χ1n) is 0.342. The molecule has 0 spiro atoms. The fourth-order valence-electron chi connectivity index (χ4n) is 0. The van der Waals surface area contributed by atoms with E-state index in [-0.39, 0.29) is 0 Å². The van der Waals surface area contributed by atoms with Crippen molar-refractivity contribution in [1.82, 2.24) is 0 Å². The summed E-state index contributed by atoms with van der Waals surface area (Å²) in [5, 5.41) is 0. The Morgan fingerprint density at radius 2 is 1.20 bits per heavy atom. The summed E-state index contributed by atoms with van der Waals surface area (Å²) in [7, 11) is 13.8. The summed E-state index contributed by atoms with van der Waals surface area (Å²) < 4.78 is 0. The van der Waals surface area contributed by atoms with E-state index in [0.717, 1.165) is 13.1 Å². The van der Waals surface area contributed by atoms with Crippen molar-refractivity contribution in [2.75, 3.05) is 0 Å². The first kappa shape index (κ1) is 10.2. The predicted octanol–water partition coefficient (Wildman–Crippen LogP) is 2.06. The molecule has 0 saturated heterocycles. The Morgan fingerprint density at radius 1 is 1.20 bits per heavy atom. The summed E-state index contributed by atoms with van der Waals surface area (Å²) >= 11 is 3.18. The quantitative estimate of drug-likeness (QED) is 0.595. The van der Waals surface area contributed by atoms with Gasteiger partial charge in [0.25, 0.3) is 0 Å². The molecule has 5 heteroatoms. The van der Waals surface area contributed by atoms with Gasteiger partial charge in [0.2, 0.25) is 0 Å². The molecule has 0 nitrogen and oxygen atoms in total. The zero-order valence-electron chi connectivity index (χ0n) is 1.74. The molecular formula is AgCl3Cu. The van der Waals surface area contributed by atoms with Crippen LogP contribution in [0, 0.1) is 0 Å². The molecule has 0 radical (unpaired) electrons. The average Bonchev–Trinajstić information content (AvgIpc) is 1.46. The van der Waals surface area contributed by atoms with Gasteiger partial charge in [0, 0.05) is 0 Å². The van der Waals surface area contributed by atoms with E-state index < -0.39 is 0 Å². The van der Waals surface area contributed by atoms with Crippen LogP contribution in [0.1, 0.15) is 0 Å². The van der Waals surface area contributed by atoms with Gasteiger partial charge in [-0.3, -0.25) is 0 Å². The molecule has 0 aliphatic heterocycles. The van der Waals surface area contributed by atoms with E-state index in [2.05, 4.69) is 49.4 Å². The van der Waals surface area contributed by atoms with Crippen LogP contribution in [0.4, 0.5) is 0 Å². The van der Waals surface area contributed by atoms with Gasteiger partial charge in [-0.2, -0.15) is 0 Å². The molecule has 0 aromatic heterocycles. The van der Waals surface area contributed by atoms with Gasteiger partial charge in [0.05, 0.1) is 0 Å². The van der Waals surface area contributed by atoms with Crippen LogP contribution in [0.15, 0.2) is 0 Å². The van der Waals surface area contributed by atoms with Crippen LogP contribution < -0.4 is 0 Å². The maximum atomic E-state index is 4.67. The van der Waals surface area contributed by atoms with Crippen molar-refractivity contribution < 1.29 is 33.1 Å². The average molecular weight is 278 g/mol. The fourth-order valence-corrected chi connectivity index (χ4v) is 0. The zero-order chi connectivity index (χ0) is 4.71. The molecule has 0 rings (SSSR count). The van der Waals surface area contributed by atoms with Crippen molar-refractivity contribution in [3.8, 4) is 0 Å². The SMILES string of the molecule is [Cl][Ag].[Cl][Cu][Cl]. The Bertz CT molecular complexity index is 6.85. The molecule has 0 aliphatic rings. The first-order chi connectivity index (χ1) is 2.41. The number of hydrogen-bond acceptors (Lipinski definition) is 0. The maximum absolute atomic E-state index is 4.67. The predicted molar refractivity (Wildman–Crippen MR) is 17.6 cm³/mol. The Kier molecular flexibility index (Phi) is 33.5. The standard InChI is InChI=1S/Ag.3ClH.Cu/h;3*1H;/q+1;;;;+2/p-3. The third-order valence-corrected chi connectivity index (χ3v) is 0. The second-order valence-corrected chi connectivity index (χ2v) is 1.60. The van der Waals surface area contributed by atoms with Crippen molar-refractivity contribution in [3.05, 3.63) is 0 Å². The van der Waals surface area contributed by atoms with Crippen LogP contribution in [0.5, 0.6) is 0 Å². The van der Waals surface area contributed by atoms with E-state index in [1.54, 1.807) is 0 Å². The van der Waals surface area contributed by atoms with Gasteiger partial charge in [-0.1, -0.05) is 0 Å². The van der Waals surface area contributed by atoms with Crippen LogP contribution in [0.25, 0.3) is 0 Å². The number of rotatable bonds is 0. The number of hydrogen-bond donors (Lipinski definition) is 0. The van der Waals surface area contributed by atoms with Gasteiger partial charge in [-0.05, 0) is 0 Å². The molecular weight excluding hydrogens is 278 g/mol. The fraction of sp³-hybridized carbons (Fsp3) is 0. The van der Waals surface area contributed by atoms with Crippen LogP contribution in [0.3, 0.4) is 0 Å². The minimum atomic E-state index is 0.757. The normalized spacial score (nSPS) is 5.80. The van der Waals surface area contributed by atoms with Gasteiger partial charge in [0.15, 0.2) is 0 Å². The molecule has 0 aromatic rings. The van der Waals surface area contributed by atoms with E-state index in [9.17, 15) is 0 Å². The Hall–Kier alpha value is 2.13. The zero-order valence-corrected chi connectivity index (χ0v) is 6.43. The molecule has 0 unspecified atom stereocenters. The molecule has 0 N–H and O–H groups in total. The first-order valence-corrected chi connectivity index (χ1v) is 4.84. The van der Waals surface area contributed by atoms with Gasteiger partial charge < -0.3 is 0 Å². The Balaban J connectivity index is 0. The second-order valence-electron chi connectivity index (χ2n) is 0.0431. The third-order valence-electron chi connectivity index (χ3n) is 0. The van der Waals surface area contributed by atoms with Crippen LogP contribution in [-0.4, -0.2) is 0 Å². The van der Waals surface area contributed by atoms with E-state index in [1.165, 1.54) is 0 Å².